The summed E-state index contributed by atoms with van der Waals surface area (Å²) in [6, 6.07) is 15.8. The van der Waals surface area contributed by atoms with Crippen molar-refractivity contribution in [2.45, 2.75) is 44.6 Å². The van der Waals surface area contributed by atoms with E-state index in [9.17, 15) is 14.4 Å². The fourth-order valence-electron chi connectivity index (χ4n) is 7.02. The van der Waals surface area contributed by atoms with E-state index in [0.29, 0.717) is 24.6 Å². The predicted octanol–water partition coefficient (Wildman–Crippen LogP) is 2.67. The lowest BCUT2D eigenvalue weighted by atomic mass is 9.99. The van der Waals surface area contributed by atoms with Crippen molar-refractivity contribution < 1.29 is 37.3 Å². The molecule has 1 aromatic heterocycles. The Hall–Kier alpha value is -4.70. The smallest absolute Gasteiger partial charge is 0.274 e. The molecule has 0 saturated carbocycles. The van der Waals surface area contributed by atoms with E-state index in [1.54, 1.807) is 0 Å². The van der Waals surface area contributed by atoms with Gasteiger partial charge in [-0.15, -0.1) is 0 Å². The fraction of sp³-hybridized carbons (Fsp3) is 0.548. The summed E-state index contributed by atoms with van der Waals surface area (Å²) in [6.45, 7) is 6.50. The summed E-state index contributed by atoms with van der Waals surface area (Å²) in [4.78, 5) is 45.9. The van der Waals surface area contributed by atoms with Crippen molar-refractivity contribution in [2.24, 2.45) is 0 Å². The molecule has 15 nitrogen and oxygen atoms in total. The largest absolute Gasteiger partial charge is 0.484 e. The van der Waals surface area contributed by atoms with Gasteiger partial charge in [0.25, 0.3) is 17.7 Å². The quantitative estimate of drug-likeness (QED) is 0.0952. The van der Waals surface area contributed by atoms with E-state index in [4.69, 9.17) is 32.5 Å². The van der Waals surface area contributed by atoms with Gasteiger partial charge < -0.3 is 50.3 Å². The Balaban J connectivity index is 1.33. The van der Waals surface area contributed by atoms with Gasteiger partial charge >= 0.3 is 0 Å². The Bertz CT molecular complexity index is 1710. The summed E-state index contributed by atoms with van der Waals surface area (Å²) in [5.41, 5.74) is 14.1. The number of nitrogens with zero attached hydrogens (tertiary/aromatic N) is 5. The second-order valence-electron chi connectivity index (χ2n) is 17.4. The summed E-state index contributed by atoms with van der Waals surface area (Å²) in [5, 5.41) is 8.92. The highest BCUT2D eigenvalue weighted by atomic mass is 35.5. The number of aryl methyl sites for hydroxylation is 2. The summed E-state index contributed by atoms with van der Waals surface area (Å²) in [7, 11) is 12.5. The predicted molar refractivity (Wildman–Crippen MR) is 228 cm³/mol. The van der Waals surface area contributed by atoms with Gasteiger partial charge in [-0.25, -0.2) is 9.97 Å². The molecule has 0 radical (unpaired) electrons. The molecule has 0 bridgehead atoms. The number of ether oxygens (including phenoxy) is 2. The van der Waals surface area contributed by atoms with Crippen LogP contribution in [0.5, 0.6) is 11.5 Å². The number of nitrogens with one attached hydrogen (secondary N) is 3. The average Bonchev–Trinajstić information content (AvgIpc) is 3.15. The molecule has 1 aliphatic rings. The lowest BCUT2D eigenvalue weighted by molar-refractivity contribution is -0.933. The van der Waals surface area contributed by atoms with Crippen molar-refractivity contribution in [3.05, 3.63) is 70.5 Å². The molecule has 58 heavy (non-hydrogen) atoms. The zero-order valence-corrected chi connectivity index (χ0v) is 36.1. The van der Waals surface area contributed by atoms with Crippen molar-refractivity contribution in [1.29, 1.82) is 0 Å². The normalized spacial score (nSPS) is 15.3. The summed E-state index contributed by atoms with van der Waals surface area (Å²) >= 11 is 6.08. The highest BCUT2D eigenvalue weighted by Gasteiger charge is 2.35. The third-order valence-electron chi connectivity index (χ3n) is 10.2. The first-order valence-electron chi connectivity index (χ1n) is 20.2. The van der Waals surface area contributed by atoms with E-state index < -0.39 is 5.91 Å². The number of carbonyl (C=O) groups excluding carboxylic acids is 3. The molecule has 1 unspecified atom stereocenters. The molecule has 0 spiro atoms. The molecule has 318 valence electrons. The Morgan fingerprint density at radius 1 is 0.759 bits per heavy atom. The zero-order chi connectivity index (χ0) is 42.3. The van der Waals surface area contributed by atoms with Crippen LogP contribution >= 0.6 is 11.6 Å². The Kier molecular flexibility index (Phi) is 16.9. The zero-order valence-electron chi connectivity index (χ0n) is 35.3. The van der Waals surface area contributed by atoms with E-state index in [2.05, 4.69) is 92.5 Å². The molecule has 0 aliphatic carbocycles. The SMILES string of the molecule is C[N+](C)(C)CCNC(=O)COc1ccc(CCC[N+]2(CCCc3ccc(OCC(=O)NCC[N+](C)(C)C)cc3)CCCC(NC(=O)c3nc(Cl)c(N)nc3N)C2)cc1. The van der Waals surface area contributed by atoms with Gasteiger partial charge in [-0.05, 0) is 61.1 Å². The van der Waals surface area contributed by atoms with Gasteiger partial charge in [0, 0.05) is 12.8 Å². The molecule has 3 amide bonds. The maximum absolute atomic E-state index is 13.3. The number of hydrogen-bond acceptors (Lipinski definition) is 9. The minimum absolute atomic E-state index is 0.0173. The second-order valence-corrected chi connectivity index (χ2v) is 17.8. The Morgan fingerprint density at radius 3 is 1.71 bits per heavy atom. The number of rotatable bonds is 22. The van der Waals surface area contributed by atoms with Crippen LogP contribution in [-0.2, 0) is 22.4 Å². The number of aromatic nitrogens is 2. The van der Waals surface area contributed by atoms with Crippen LogP contribution in [0, 0.1) is 0 Å². The van der Waals surface area contributed by atoms with Crippen molar-refractivity contribution in [3.8, 4) is 11.5 Å². The number of likely N-dealkylation sites (N-methyl/N-ethyl adjacent to an activating group) is 2. The topological polar surface area (TPSA) is 184 Å². The van der Waals surface area contributed by atoms with Gasteiger partial charge in [0.15, 0.2) is 35.7 Å². The van der Waals surface area contributed by atoms with Gasteiger partial charge in [0.05, 0.1) is 101 Å². The van der Waals surface area contributed by atoms with E-state index >= 15 is 0 Å². The number of amides is 3. The lowest BCUT2D eigenvalue weighted by Crippen LogP contribution is -2.60. The lowest BCUT2D eigenvalue weighted by Gasteiger charge is -2.45. The minimum atomic E-state index is -0.412. The van der Waals surface area contributed by atoms with Gasteiger partial charge in [-0.3, -0.25) is 14.4 Å². The maximum atomic E-state index is 13.3. The Morgan fingerprint density at radius 2 is 1.24 bits per heavy atom. The Labute approximate surface area is 349 Å². The van der Waals surface area contributed by atoms with Gasteiger partial charge in [-0.2, -0.15) is 0 Å². The molecule has 1 fully saturated rings. The first-order chi connectivity index (χ1) is 27.4. The van der Waals surface area contributed by atoms with Crippen LogP contribution in [0.4, 0.5) is 11.6 Å². The van der Waals surface area contributed by atoms with E-state index in [1.165, 1.54) is 11.1 Å². The van der Waals surface area contributed by atoms with Crippen molar-refractivity contribution in [3.63, 3.8) is 0 Å². The number of anilines is 2. The monoisotopic (exact) mass is 825 g/mol. The highest BCUT2D eigenvalue weighted by Crippen LogP contribution is 2.25. The van der Waals surface area contributed by atoms with Crippen LogP contribution in [0.3, 0.4) is 0 Å². The molecule has 3 aromatic rings. The fourth-order valence-corrected chi connectivity index (χ4v) is 7.15. The molecular formula is C42H66ClN10O5+3. The summed E-state index contributed by atoms with van der Waals surface area (Å²) in [6.07, 6.45) is 5.47. The second kappa shape index (κ2) is 21.3. The third-order valence-corrected chi connectivity index (χ3v) is 10.5. The number of benzene rings is 2. The maximum Gasteiger partial charge on any atom is 0.274 e. The number of piperidine rings is 1. The van der Waals surface area contributed by atoms with E-state index in [0.717, 1.165) is 91.2 Å². The number of likely N-dealkylation sites (tertiary alicyclic amines) is 1. The summed E-state index contributed by atoms with van der Waals surface area (Å²) < 4.78 is 13.9. The third kappa shape index (κ3) is 16.3. The van der Waals surface area contributed by atoms with Crippen LogP contribution in [0.25, 0.3) is 0 Å². The standard InChI is InChI=1S/C42H63ClN10O5/c1-51(2,3)26-21-46-36(54)29-57-34-17-13-31(14-18-34)10-7-23-53(25-9-12-33(28-53)48-42(56)38-40(44)50-41(45)39(43)49-38)24-8-11-32-15-19-35(20-16-32)58-30-37(55)47-22-27-52(4,5)6/h13-20,33H,7-12,21-30H2,1-6H3,(H4-3,44,45,46,47,48,50,54,55,56)/p+3. The van der Waals surface area contributed by atoms with Crippen molar-refractivity contribution >= 4 is 41.0 Å². The van der Waals surface area contributed by atoms with Crippen LogP contribution in [0.2, 0.25) is 5.15 Å². The number of carbonyl (C=O) groups is 3. The molecule has 1 saturated heterocycles. The number of quaternary nitrogens is 3. The molecule has 1 atom stereocenters. The molecule has 1 aliphatic heterocycles. The number of nitrogen functional groups attached to an aromatic ring is 2. The number of hydrogen-bond donors (Lipinski definition) is 5. The molecule has 16 heteroatoms. The number of nitrogens with two attached hydrogens (primary N) is 2. The highest BCUT2D eigenvalue weighted by molar-refractivity contribution is 6.31. The molecule has 7 N–H and O–H groups in total. The first kappa shape index (κ1) is 46.0. The first-order valence-corrected chi connectivity index (χ1v) is 20.6. The summed E-state index contributed by atoms with van der Waals surface area (Å²) in [5.74, 6) is 0.567. The number of halogens is 1. The van der Waals surface area contributed by atoms with Crippen LogP contribution in [0.1, 0.15) is 47.3 Å². The molecule has 2 aromatic carbocycles. The van der Waals surface area contributed by atoms with Gasteiger partial charge in [0.2, 0.25) is 0 Å². The van der Waals surface area contributed by atoms with Gasteiger partial charge in [-0.1, -0.05) is 35.9 Å². The van der Waals surface area contributed by atoms with Crippen LogP contribution in [0.15, 0.2) is 48.5 Å². The molecular weight excluding hydrogens is 760 g/mol. The minimum Gasteiger partial charge on any atom is -0.484 e. The van der Waals surface area contributed by atoms with E-state index in [-0.39, 0.29) is 53.6 Å². The van der Waals surface area contributed by atoms with Crippen molar-refractivity contribution in [1.82, 2.24) is 25.9 Å². The molecule has 4 rings (SSSR count). The molecule has 2 heterocycles. The van der Waals surface area contributed by atoms with Crippen LogP contribution in [-0.4, -0.2) is 155 Å². The van der Waals surface area contributed by atoms with Crippen LogP contribution < -0.4 is 36.9 Å². The van der Waals surface area contributed by atoms with E-state index in [1.807, 2.05) is 24.3 Å². The average molecular weight is 827 g/mol. The van der Waals surface area contributed by atoms with Crippen molar-refractivity contribution in [2.75, 3.05) is 119 Å². The van der Waals surface area contributed by atoms with Gasteiger partial charge in [0.1, 0.15) is 11.5 Å².